The second-order valence-corrected chi connectivity index (χ2v) is 27.8. The maximum atomic E-state index is 16.3. The molecular weight excluding hydrogens is 1100 g/mol. The molecule has 0 saturated carbocycles. The molecule has 0 radical (unpaired) electrons. The highest BCUT2D eigenvalue weighted by molar-refractivity contribution is 5.85. The Balaban J connectivity index is 0.836. The molecule has 3 aromatic carbocycles. The fourth-order valence-electron chi connectivity index (χ4n) is 19.2. The molecule has 0 aromatic heterocycles. The number of nitrogens with zero attached hydrogens (tertiary/aromatic N) is 2. The van der Waals surface area contributed by atoms with E-state index < -0.39 is 41.3 Å². The second kappa shape index (κ2) is 22.8. The summed E-state index contributed by atoms with van der Waals surface area (Å²) < 4.78 is 71.2. The van der Waals surface area contributed by atoms with Crippen LogP contribution in [0, 0.1) is 41.4 Å². The zero-order valence-corrected chi connectivity index (χ0v) is 51.9. The Hall–Kier alpha value is -7.48. The molecule has 15 unspecified atom stereocenters. The van der Waals surface area contributed by atoms with Gasteiger partial charge in [-0.3, -0.25) is 0 Å². The summed E-state index contributed by atoms with van der Waals surface area (Å²) in [7, 11) is 0. The first-order valence-corrected chi connectivity index (χ1v) is 33.1. The largest absolute Gasteiger partial charge is 0.363 e. The first-order valence-electron chi connectivity index (χ1n) is 33.1. The summed E-state index contributed by atoms with van der Waals surface area (Å²) >= 11 is 0. The van der Waals surface area contributed by atoms with Crippen LogP contribution < -0.4 is 4.90 Å². The Kier molecular flexibility index (Phi) is 14.8. The third kappa shape index (κ3) is 9.18. The fourth-order valence-corrected chi connectivity index (χ4v) is 19.2. The molecule has 1 heterocycles. The van der Waals surface area contributed by atoms with Gasteiger partial charge in [-0.1, -0.05) is 192 Å². The molecule has 7 heteroatoms. The van der Waals surface area contributed by atoms with E-state index in [0.29, 0.717) is 12.1 Å². The van der Waals surface area contributed by atoms with E-state index in [1.54, 1.807) is 0 Å². The number of hydrogen-bond donors (Lipinski definition) is 0. The number of allylic oxidation sites excluding steroid dienone is 25. The van der Waals surface area contributed by atoms with Gasteiger partial charge in [-0.15, -0.1) is 6.58 Å². The summed E-state index contributed by atoms with van der Waals surface area (Å²) in [6, 6.07) is 24.5. The minimum absolute atomic E-state index is 0.0326. The van der Waals surface area contributed by atoms with Gasteiger partial charge in [-0.05, 0) is 178 Å². The quantitative estimate of drug-likeness (QED) is 0.133. The van der Waals surface area contributed by atoms with E-state index in [1.807, 2.05) is 12.2 Å². The lowest BCUT2D eigenvalue weighted by Crippen LogP contribution is -2.51. The standard InChI is InChI=1S/C82H82F4N2O/c1-7-53-27-31-55(32-28-53)81(69-43-49(3)23-25-51(69)5)67-19-11-9-15-61(67)63-39-35-57(45-71(63)81)87(59-37-41-73(83)75(85)47-59)77-21-13-17-65-66-18-14-22-78(80(66)89-79(65)77)88(60-38-42-74(84)76(86)48-60)58-36-40-64-62-16-10-12-20-68(62)82(72(64)46-58,56-33-29-54(8-2)30-34-56)70-44-50(4)24-26-52(70)6/h7-27,29,31-32,35-36,38-40,46,48,53,56-57,59,63,65-66,69-71,74,79-80H,1-2,28,30,33-34,37,41-45,47H2,3-6H3. The van der Waals surface area contributed by atoms with Crippen molar-refractivity contribution in [1.82, 2.24) is 4.90 Å². The number of halogens is 4. The number of fused-ring (bicyclic) bond motifs is 9. The van der Waals surface area contributed by atoms with Crippen LogP contribution >= 0.6 is 0 Å². The van der Waals surface area contributed by atoms with Crippen molar-refractivity contribution in [2.45, 2.75) is 146 Å². The molecule has 0 N–H and O–H groups in total. The predicted molar refractivity (Wildman–Crippen MR) is 355 cm³/mol. The van der Waals surface area contributed by atoms with Crippen molar-refractivity contribution in [2.75, 3.05) is 4.90 Å². The van der Waals surface area contributed by atoms with Crippen molar-refractivity contribution < 1.29 is 22.3 Å². The molecule has 0 amide bonds. The summed E-state index contributed by atoms with van der Waals surface area (Å²) in [5.41, 5.74) is 18.5. The molecule has 0 spiro atoms. The van der Waals surface area contributed by atoms with Gasteiger partial charge >= 0.3 is 0 Å². The molecule has 15 rings (SSSR count). The number of rotatable bonds is 12. The van der Waals surface area contributed by atoms with E-state index in [9.17, 15) is 0 Å². The number of benzene rings is 3. The van der Waals surface area contributed by atoms with Gasteiger partial charge in [0.1, 0.15) is 29.7 Å². The van der Waals surface area contributed by atoms with E-state index >= 15 is 17.6 Å². The molecule has 454 valence electrons. The van der Waals surface area contributed by atoms with Crippen LogP contribution in [0.15, 0.2) is 269 Å². The minimum Gasteiger partial charge on any atom is -0.363 e. The summed E-state index contributed by atoms with van der Waals surface area (Å²) in [5.74, 6) is -1.17. The summed E-state index contributed by atoms with van der Waals surface area (Å²) in [6.07, 6.45) is 48.3. The van der Waals surface area contributed by atoms with Crippen molar-refractivity contribution in [3.63, 3.8) is 0 Å². The number of alkyl halides is 1. The van der Waals surface area contributed by atoms with Gasteiger partial charge in [-0.25, -0.2) is 17.6 Å². The summed E-state index contributed by atoms with van der Waals surface area (Å²) in [6.45, 7) is 17.5. The normalized spacial score (nSPS) is 34.7. The van der Waals surface area contributed by atoms with Gasteiger partial charge in [0, 0.05) is 77.0 Å². The number of anilines is 1. The van der Waals surface area contributed by atoms with Gasteiger partial charge in [0.15, 0.2) is 6.17 Å². The number of ether oxygens (including phenoxy) is 1. The van der Waals surface area contributed by atoms with E-state index in [4.69, 9.17) is 4.74 Å². The zero-order valence-electron chi connectivity index (χ0n) is 51.9. The predicted octanol–water partition coefficient (Wildman–Crippen LogP) is 20.6. The van der Waals surface area contributed by atoms with E-state index in [-0.39, 0.29) is 84.1 Å². The van der Waals surface area contributed by atoms with Crippen molar-refractivity contribution in [3.05, 3.63) is 292 Å². The molecule has 12 aliphatic rings. The van der Waals surface area contributed by atoms with Crippen LogP contribution in [0.1, 0.15) is 126 Å². The fraction of sp³-hybridized carbons (Fsp3) is 0.366. The average Bonchev–Trinajstić information content (AvgIpc) is 1.58. The van der Waals surface area contributed by atoms with Gasteiger partial charge in [0.05, 0.1) is 5.70 Å². The van der Waals surface area contributed by atoms with Crippen LogP contribution in [0.3, 0.4) is 0 Å². The third-order valence-electron chi connectivity index (χ3n) is 23.3. The second-order valence-electron chi connectivity index (χ2n) is 27.8. The van der Waals surface area contributed by atoms with Crippen LogP contribution in [-0.2, 0) is 15.6 Å². The topological polar surface area (TPSA) is 15.7 Å². The summed E-state index contributed by atoms with van der Waals surface area (Å²) in [5, 5.41) is 0. The average molecular weight is 1190 g/mol. The van der Waals surface area contributed by atoms with Crippen LogP contribution in [0.5, 0.6) is 0 Å². The third-order valence-corrected chi connectivity index (χ3v) is 23.3. The van der Waals surface area contributed by atoms with Crippen molar-refractivity contribution >= 4 is 5.69 Å². The molecule has 3 aromatic rings. The van der Waals surface area contributed by atoms with Crippen LogP contribution in [0.2, 0.25) is 0 Å². The first kappa shape index (κ1) is 57.9. The molecule has 3 nitrogen and oxygen atoms in total. The highest BCUT2D eigenvalue weighted by atomic mass is 19.2. The van der Waals surface area contributed by atoms with E-state index in [1.165, 1.54) is 72.9 Å². The van der Waals surface area contributed by atoms with Gasteiger partial charge in [-0.2, -0.15) is 0 Å². The highest BCUT2D eigenvalue weighted by Gasteiger charge is 2.60. The van der Waals surface area contributed by atoms with Crippen molar-refractivity contribution in [2.24, 2.45) is 41.4 Å². The Morgan fingerprint density at radius 3 is 2.04 bits per heavy atom. The highest BCUT2D eigenvalue weighted by Crippen LogP contribution is 2.66. The SMILES string of the molecule is C=CC1=CCC(C2(C3CC(C)=CC=C3C)c3ccccc3-c3ccc(N(C4=CCC(F)C(F)=C4)C4=CC=CC5C4OC4C(N(C6C=CC7c8ccccc8C(C8=CCC(C=C)C=C8)(C8CC(C)=CC=C8C)C7C6)C6CCC(F)=C(F)C6)=CC=CC45)cc32)CC1. The monoisotopic (exact) mass is 1190 g/mol. The van der Waals surface area contributed by atoms with Crippen molar-refractivity contribution in [3.8, 4) is 11.1 Å². The Morgan fingerprint density at radius 1 is 0.640 bits per heavy atom. The van der Waals surface area contributed by atoms with Crippen LogP contribution in [0.25, 0.3) is 11.1 Å². The molecule has 89 heavy (non-hydrogen) atoms. The zero-order chi connectivity index (χ0) is 61.0. The molecule has 11 aliphatic carbocycles. The molecule has 1 aliphatic heterocycles. The lowest BCUT2D eigenvalue weighted by atomic mass is 9.54. The lowest BCUT2D eigenvalue weighted by molar-refractivity contribution is 0.0336. The van der Waals surface area contributed by atoms with Crippen LogP contribution in [0.4, 0.5) is 23.2 Å². The minimum atomic E-state index is -1.73. The molecule has 1 saturated heterocycles. The first-order chi connectivity index (χ1) is 43.3. The van der Waals surface area contributed by atoms with Gasteiger partial charge in [0.25, 0.3) is 0 Å². The van der Waals surface area contributed by atoms with E-state index in [0.717, 1.165) is 62.0 Å². The maximum absolute atomic E-state index is 16.3. The lowest BCUT2D eigenvalue weighted by Gasteiger charge is -2.52. The Morgan fingerprint density at radius 2 is 1.35 bits per heavy atom. The summed E-state index contributed by atoms with van der Waals surface area (Å²) in [4.78, 5) is 4.64. The molecule has 15 atom stereocenters. The van der Waals surface area contributed by atoms with Crippen molar-refractivity contribution in [1.29, 1.82) is 0 Å². The van der Waals surface area contributed by atoms with E-state index in [2.05, 4.69) is 221 Å². The Bertz CT molecular complexity index is 3970. The van der Waals surface area contributed by atoms with Gasteiger partial charge < -0.3 is 14.5 Å². The smallest absolute Gasteiger partial charge is 0.155 e. The van der Waals surface area contributed by atoms with Gasteiger partial charge in [0.2, 0.25) is 0 Å². The molecule has 0 bridgehead atoms. The Labute approximate surface area is 524 Å². The van der Waals surface area contributed by atoms with Crippen LogP contribution in [-0.4, -0.2) is 35.4 Å². The molecule has 1 fully saturated rings. The molecular formula is C82H82F4N2O. The maximum Gasteiger partial charge on any atom is 0.155 e. The number of hydrogen-bond acceptors (Lipinski definition) is 3.